The number of hydrogen-bond donors (Lipinski definition) is 1. The Bertz CT molecular complexity index is 982. The van der Waals surface area contributed by atoms with Crippen LogP contribution in [0.15, 0.2) is 56.9 Å². The minimum atomic E-state index is -3.71. The van der Waals surface area contributed by atoms with Gasteiger partial charge >= 0.3 is 0 Å². The molecule has 6 nitrogen and oxygen atoms in total. The van der Waals surface area contributed by atoms with E-state index in [-0.39, 0.29) is 15.3 Å². The Labute approximate surface area is 144 Å². The number of thiocarbonyl (C=S) groups is 1. The molecule has 0 atom stereocenters. The van der Waals surface area contributed by atoms with Gasteiger partial charge in [0.15, 0.2) is 11.0 Å². The molecule has 3 aromatic rings. The van der Waals surface area contributed by atoms with Crippen LogP contribution in [0.1, 0.15) is 19.8 Å². The minimum absolute atomic E-state index is 0.0527. The number of nitrogens with one attached hydrogen (secondary N) is 1. The molecule has 3 rings (SSSR count). The fourth-order valence-corrected chi connectivity index (χ4v) is 4.05. The normalized spacial score (nSPS) is 11.5. The molecule has 0 radical (unpaired) electrons. The molecule has 0 saturated heterocycles. The topological polar surface area (TPSA) is 85.1 Å². The molecule has 8 heteroatoms. The Morgan fingerprint density at radius 2 is 1.83 bits per heavy atom. The highest BCUT2D eigenvalue weighted by Gasteiger charge is 2.24. The predicted octanol–water partition coefficient (Wildman–Crippen LogP) is 3.60. The van der Waals surface area contributed by atoms with E-state index in [1.165, 1.54) is 18.2 Å². The van der Waals surface area contributed by atoms with E-state index in [9.17, 15) is 8.42 Å². The van der Waals surface area contributed by atoms with Crippen LogP contribution in [0.25, 0.3) is 11.0 Å². The largest absolute Gasteiger partial charge is 0.348 e. The number of aromatic nitrogens is 2. The van der Waals surface area contributed by atoms with Crippen molar-refractivity contribution in [2.75, 3.05) is 5.32 Å². The van der Waals surface area contributed by atoms with Crippen LogP contribution in [-0.2, 0) is 9.84 Å². The average molecular weight is 361 g/mol. The smallest absolute Gasteiger partial charge is 0.208 e. The summed E-state index contributed by atoms with van der Waals surface area (Å²) in [6, 6.07) is 11.3. The highest BCUT2D eigenvalue weighted by atomic mass is 32.2. The van der Waals surface area contributed by atoms with Gasteiger partial charge in [-0.25, -0.2) is 13.0 Å². The van der Waals surface area contributed by atoms with Crippen LogP contribution in [0.2, 0.25) is 0 Å². The number of fused-ring (bicyclic) bond motifs is 1. The zero-order valence-corrected chi connectivity index (χ0v) is 14.5. The molecule has 1 heterocycles. The third kappa shape index (κ3) is 3.02. The van der Waals surface area contributed by atoms with Crippen LogP contribution in [0.5, 0.6) is 0 Å². The second-order valence-electron chi connectivity index (χ2n) is 5.19. The molecule has 0 unspecified atom stereocenters. The third-order valence-corrected chi connectivity index (χ3v) is 5.58. The van der Waals surface area contributed by atoms with Crippen LogP contribution < -0.4 is 5.32 Å². The minimum Gasteiger partial charge on any atom is -0.348 e. The third-order valence-electron chi connectivity index (χ3n) is 3.47. The second kappa shape index (κ2) is 6.66. The first-order valence-electron chi connectivity index (χ1n) is 7.39. The SMILES string of the molecule is CCCC(=S)Nc1ccc(S(=O)(=O)c2ccccc2)c2nonc12. The lowest BCUT2D eigenvalue weighted by atomic mass is 10.2. The van der Waals surface area contributed by atoms with Crippen molar-refractivity contribution >= 4 is 43.8 Å². The lowest BCUT2D eigenvalue weighted by molar-refractivity contribution is 0.315. The molecule has 0 aliphatic rings. The van der Waals surface area contributed by atoms with E-state index >= 15 is 0 Å². The summed E-state index contributed by atoms with van der Waals surface area (Å²) in [7, 11) is -3.71. The molecule has 24 heavy (non-hydrogen) atoms. The van der Waals surface area contributed by atoms with Crippen LogP contribution >= 0.6 is 12.2 Å². The zero-order chi connectivity index (χ0) is 17.2. The lowest BCUT2D eigenvalue weighted by Gasteiger charge is -2.09. The van der Waals surface area contributed by atoms with Gasteiger partial charge in [0.05, 0.1) is 15.6 Å². The van der Waals surface area contributed by atoms with Gasteiger partial charge in [-0.15, -0.1) is 0 Å². The molecule has 0 aliphatic carbocycles. The van der Waals surface area contributed by atoms with Crippen molar-refractivity contribution in [3.63, 3.8) is 0 Å². The Hall–Kier alpha value is -2.32. The molecule has 124 valence electrons. The molecule has 1 N–H and O–H groups in total. The van der Waals surface area contributed by atoms with E-state index in [2.05, 4.69) is 15.6 Å². The highest BCUT2D eigenvalue weighted by molar-refractivity contribution is 7.91. The van der Waals surface area contributed by atoms with Crippen molar-refractivity contribution in [1.29, 1.82) is 0 Å². The van der Waals surface area contributed by atoms with Crippen molar-refractivity contribution < 1.29 is 13.0 Å². The Kier molecular flexibility index (Phi) is 4.59. The fraction of sp³-hybridized carbons (Fsp3) is 0.188. The molecular formula is C16H15N3O3S2. The van der Waals surface area contributed by atoms with E-state index in [1.54, 1.807) is 24.3 Å². The maximum absolute atomic E-state index is 12.8. The van der Waals surface area contributed by atoms with E-state index in [0.717, 1.165) is 12.8 Å². The first-order valence-corrected chi connectivity index (χ1v) is 9.28. The molecule has 0 saturated carbocycles. The molecular weight excluding hydrogens is 346 g/mol. The molecule has 1 aromatic heterocycles. The van der Waals surface area contributed by atoms with Gasteiger partial charge in [0.2, 0.25) is 9.84 Å². The number of benzene rings is 2. The highest BCUT2D eigenvalue weighted by Crippen LogP contribution is 2.30. The molecule has 0 spiro atoms. The van der Waals surface area contributed by atoms with Gasteiger partial charge in [-0.1, -0.05) is 37.3 Å². The van der Waals surface area contributed by atoms with Gasteiger partial charge in [-0.2, -0.15) is 0 Å². The van der Waals surface area contributed by atoms with Crippen molar-refractivity contribution in [1.82, 2.24) is 10.3 Å². The summed E-state index contributed by atoms with van der Waals surface area (Å²) < 4.78 is 30.4. The Balaban J connectivity index is 2.09. The number of nitrogens with zero attached hydrogens (tertiary/aromatic N) is 2. The van der Waals surface area contributed by atoms with E-state index < -0.39 is 9.84 Å². The number of rotatable bonds is 5. The summed E-state index contributed by atoms with van der Waals surface area (Å²) in [5.74, 6) is 0. The quantitative estimate of drug-likeness (QED) is 0.695. The number of anilines is 1. The van der Waals surface area contributed by atoms with Gasteiger partial charge in [0, 0.05) is 0 Å². The molecule has 2 aromatic carbocycles. The average Bonchev–Trinajstić information content (AvgIpc) is 3.06. The summed E-state index contributed by atoms with van der Waals surface area (Å²) >= 11 is 5.25. The monoisotopic (exact) mass is 361 g/mol. The van der Waals surface area contributed by atoms with E-state index in [4.69, 9.17) is 16.8 Å². The van der Waals surface area contributed by atoms with Gasteiger partial charge in [-0.3, -0.25) is 0 Å². The van der Waals surface area contributed by atoms with Crippen molar-refractivity contribution in [3.05, 3.63) is 42.5 Å². The number of sulfone groups is 1. The van der Waals surface area contributed by atoms with Gasteiger partial charge < -0.3 is 5.32 Å². The summed E-state index contributed by atoms with van der Waals surface area (Å²) in [6.45, 7) is 2.02. The first-order chi connectivity index (χ1) is 11.5. The Morgan fingerprint density at radius 3 is 2.54 bits per heavy atom. The molecule has 0 amide bonds. The van der Waals surface area contributed by atoms with E-state index in [0.29, 0.717) is 16.2 Å². The van der Waals surface area contributed by atoms with Gasteiger partial charge in [-0.05, 0) is 47.4 Å². The standard InChI is InChI=1S/C16H15N3O3S2/c1-2-6-14(23)17-12-9-10-13(16-15(12)18-22-19-16)24(20,21)11-7-4-3-5-8-11/h3-5,7-10H,2,6H2,1H3,(H,17,23). The first kappa shape index (κ1) is 16.5. The summed E-state index contributed by atoms with van der Waals surface area (Å²) in [6.07, 6.45) is 1.64. The van der Waals surface area contributed by atoms with Crippen LogP contribution in [0, 0.1) is 0 Å². The van der Waals surface area contributed by atoms with Crippen LogP contribution in [0.4, 0.5) is 5.69 Å². The molecule has 0 bridgehead atoms. The van der Waals surface area contributed by atoms with Crippen molar-refractivity contribution in [3.8, 4) is 0 Å². The zero-order valence-electron chi connectivity index (χ0n) is 12.9. The van der Waals surface area contributed by atoms with E-state index in [1.807, 2.05) is 6.92 Å². The molecule has 0 fully saturated rings. The summed E-state index contributed by atoms with van der Waals surface area (Å²) in [4.78, 5) is 0.897. The summed E-state index contributed by atoms with van der Waals surface area (Å²) in [5, 5.41) is 10.7. The maximum Gasteiger partial charge on any atom is 0.208 e. The van der Waals surface area contributed by atoms with Gasteiger partial charge in [0.25, 0.3) is 0 Å². The van der Waals surface area contributed by atoms with Crippen molar-refractivity contribution in [2.24, 2.45) is 0 Å². The van der Waals surface area contributed by atoms with Gasteiger partial charge in [0.1, 0.15) is 4.90 Å². The predicted molar refractivity (Wildman–Crippen MR) is 94.8 cm³/mol. The maximum atomic E-state index is 12.8. The molecule has 0 aliphatic heterocycles. The summed E-state index contributed by atoms with van der Waals surface area (Å²) in [5.41, 5.74) is 1.10. The Morgan fingerprint density at radius 1 is 1.12 bits per heavy atom. The second-order valence-corrected chi connectivity index (χ2v) is 7.60. The van der Waals surface area contributed by atoms with Crippen LogP contribution in [0.3, 0.4) is 0 Å². The van der Waals surface area contributed by atoms with Crippen LogP contribution in [-0.4, -0.2) is 23.7 Å². The fourth-order valence-electron chi connectivity index (χ4n) is 2.33. The lowest BCUT2D eigenvalue weighted by Crippen LogP contribution is -2.09. The number of hydrogen-bond acceptors (Lipinski definition) is 6. The van der Waals surface area contributed by atoms with Crippen molar-refractivity contribution in [2.45, 2.75) is 29.6 Å².